The van der Waals surface area contributed by atoms with Gasteiger partial charge in [0, 0.05) is 11.3 Å². The molecule has 0 saturated carbocycles. The summed E-state index contributed by atoms with van der Waals surface area (Å²) in [5.74, 6) is -0.902. The van der Waals surface area contributed by atoms with Gasteiger partial charge in [0.25, 0.3) is 0 Å². The maximum absolute atomic E-state index is 13.8. The number of amides is 2. The van der Waals surface area contributed by atoms with E-state index in [2.05, 4.69) is 15.7 Å². The lowest BCUT2D eigenvalue weighted by atomic mass is 10.1. The summed E-state index contributed by atoms with van der Waals surface area (Å²) in [4.78, 5) is 24.9. The number of halogens is 1. The Hall–Kier alpha value is -3.68. The van der Waals surface area contributed by atoms with Crippen LogP contribution in [0.5, 0.6) is 0 Å². The molecule has 2 amide bonds. The fraction of sp³-hybridized carbons (Fsp3) is 0.292. The van der Waals surface area contributed by atoms with E-state index in [1.807, 2.05) is 44.2 Å². The summed E-state index contributed by atoms with van der Waals surface area (Å²) in [6, 6.07) is 13.3. The highest BCUT2D eigenvalue weighted by Crippen LogP contribution is 2.25. The van der Waals surface area contributed by atoms with Crippen molar-refractivity contribution in [3.05, 3.63) is 71.3 Å². The summed E-state index contributed by atoms with van der Waals surface area (Å²) in [5, 5.41) is 9.79. The van der Waals surface area contributed by atoms with Gasteiger partial charge in [-0.25, -0.2) is 13.9 Å². The van der Waals surface area contributed by atoms with Crippen molar-refractivity contribution in [3.63, 3.8) is 0 Å². The topological polar surface area (TPSA) is 85.3 Å². The Kier molecular flexibility index (Phi) is 6.62. The Morgan fingerprint density at radius 2 is 1.72 bits per heavy atom. The highest BCUT2D eigenvalue weighted by molar-refractivity contribution is 5.98. The number of aryl methyl sites for hydroxylation is 1. The Balaban J connectivity index is 1.78. The van der Waals surface area contributed by atoms with Crippen LogP contribution in [0.4, 0.5) is 20.6 Å². The summed E-state index contributed by atoms with van der Waals surface area (Å²) in [6.45, 7) is 8.95. The molecule has 0 bridgehead atoms. The van der Waals surface area contributed by atoms with Crippen LogP contribution in [0, 0.1) is 19.7 Å². The quantitative estimate of drug-likeness (QED) is 0.576. The number of hydrogen-bond acceptors (Lipinski definition) is 4. The molecule has 0 unspecified atom stereocenters. The fourth-order valence-electron chi connectivity index (χ4n) is 3.25. The first-order valence-corrected chi connectivity index (χ1v) is 10.2. The number of rotatable bonds is 5. The molecule has 0 atom stereocenters. The molecule has 2 N–H and O–H groups in total. The first kappa shape index (κ1) is 23.0. The van der Waals surface area contributed by atoms with Crippen LogP contribution in [-0.2, 0) is 16.0 Å². The second-order valence-electron chi connectivity index (χ2n) is 8.44. The Bertz CT molecular complexity index is 1130. The molecule has 0 aliphatic carbocycles. The molecule has 0 fully saturated rings. The van der Waals surface area contributed by atoms with E-state index in [0.29, 0.717) is 0 Å². The van der Waals surface area contributed by atoms with Crippen LogP contribution in [0.3, 0.4) is 0 Å². The summed E-state index contributed by atoms with van der Waals surface area (Å²) in [6.07, 6.45) is -0.650. The van der Waals surface area contributed by atoms with Crippen LogP contribution in [0.2, 0.25) is 0 Å². The van der Waals surface area contributed by atoms with Crippen molar-refractivity contribution in [2.45, 2.75) is 46.6 Å². The van der Waals surface area contributed by atoms with Crippen LogP contribution in [0.1, 0.15) is 37.7 Å². The van der Waals surface area contributed by atoms with Gasteiger partial charge in [-0.1, -0.05) is 18.2 Å². The zero-order chi connectivity index (χ0) is 23.5. The molecule has 7 nitrogen and oxygen atoms in total. The Labute approximate surface area is 186 Å². The van der Waals surface area contributed by atoms with E-state index in [0.717, 1.165) is 28.7 Å². The van der Waals surface area contributed by atoms with Crippen LogP contribution in [0.25, 0.3) is 5.69 Å². The zero-order valence-electron chi connectivity index (χ0n) is 18.8. The lowest BCUT2D eigenvalue weighted by molar-refractivity contribution is -0.115. The van der Waals surface area contributed by atoms with Gasteiger partial charge in [-0.2, -0.15) is 5.10 Å². The third-order valence-electron chi connectivity index (χ3n) is 4.67. The Morgan fingerprint density at radius 1 is 1.03 bits per heavy atom. The average molecular weight is 439 g/mol. The normalized spacial score (nSPS) is 11.2. The summed E-state index contributed by atoms with van der Waals surface area (Å²) >= 11 is 0. The van der Waals surface area contributed by atoms with Crippen molar-refractivity contribution in [2.75, 3.05) is 10.6 Å². The molecular weight excluding hydrogens is 411 g/mol. The van der Waals surface area contributed by atoms with E-state index in [4.69, 9.17) is 4.74 Å². The van der Waals surface area contributed by atoms with Crippen molar-refractivity contribution in [1.29, 1.82) is 0 Å². The number of ether oxygens (including phenoxy) is 1. The van der Waals surface area contributed by atoms with Gasteiger partial charge in [-0.15, -0.1) is 0 Å². The molecule has 0 spiro atoms. The molecule has 0 saturated heterocycles. The van der Waals surface area contributed by atoms with Gasteiger partial charge in [0.1, 0.15) is 11.4 Å². The van der Waals surface area contributed by atoms with E-state index in [1.165, 1.54) is 12.1 Å². The second-order valence-corrected chi connectivity index (χ2v) is 8.44. The summed E-state index contributed by atoms with van der Waals surface area (Å²) in [7, 11) is 0. The van der Waals surface area contributed by atoms with Crippen LogP contribution in [0.15, 0.2) is 48.5 Å². The van der Waals surface area contributed by atoms with Crippen molar-refractivity contribution in [3.8, 4) is 5.69 Å². The molecule has 0 radical (unpaired) electrons. The van der Waals surface area contributed by atoms with Crippen molar-refractivity contribution in [2.24, 2.45) is 0 Å². The number of para-hydroxylation sites is 1. The van der Waals surface area contributed by atoms with Gasteiger partial charge in [0.15, 0.2) is 0 Å². The number of nitrogens with zero attached hydrogens (tertiary/aromatic N) is 2. The van der Waals surface area contributed by atoms with Gasteiger partial charge in [-0.05, 0) is 65.0 Å². The molecule has 0 aliphatic heterocycles. The van der Waals surface area contributed by atoms with Gasteiger partial charge in [0.2, 0.25) is 5.91 Å². The summed E-state index contributed by atoms with van der Waals surface area (Å²) in [5.41, 5.74) is 2.94. The molecule has 1 heterocycles. The largest absolute Gasteiger partial charge is 0.444 e. The van der Waals surface area contributed by atoms with E-state index in [-0.39, 0.29) is 23.7 Å². The monoisotopic (exact) mass is 438 g/mol. The minimum atomic E-state index is -0.699. The van der Waals surface area contributed by atoms with Crippen molar-refractivity contribution >= 4 is 23.4 Å². The number of carbonyl (C=O) groups excluding carboxylic acids is 2. The number of aromatic nitrogens is 2. The Morgan fingerprint density at radius 3 is 2.38 bits per heavy atom. The van der Waals surface area contributed by atoms with Gasteiger partial charge in [-0.3, -0.25) is 10.1 Å². The van der Waals surface area contributed by atoms with Crippen molar-refractivity contribution < 1.29 is 18.7 Å². The number of anilines is 2. The first-order valence-electron chi connectivity index (χ1n) is 10.2. The van der Waals surface area contributed by atoms with E-state index < -0.39 is 17.5 Å². The molecule has 3 aromatic rings. The highest BCUT2D eigenvalue weighted by Gasteiger charge is 2.20. The SMILES string of the molecule is Cc1nn(-c2ccccc2)c(C)c1CC(=O)Nc1cc(F)ccc1NC(=O)OC(C)(C)C. The molecule has 8 heteroatoms. The van der Waals surface area contributed by atoms with Crippen LogP contribution >= 0.6 is 0 Å². The number of nitrogens with one attached hydrogen (secondary N) is 2. The van der Waals surface area contributed by atoms with Crippen LogP contribution < -0.4 is 10.6 Å². The number of carbonyl (C=O) groups is 2. The smallest absolute Gasteiger partial charge is 0.412 e. The fourth-order valence-corrected chi connectivity index (χ4v) is 3.25. The second kappa shape index (κ2) is 9.21. The zero-order valence-corrected chi connectivity index (χ0v) is 18.8. The van der Waals surface area contributed by atoms with Gasteiger partial charge < -0.3 is 10.1 Å². The lowest BCUT2D eigenvalue weighted by Crippen LogP contribution is -2.27. The lowest BCUT2D eigenvalue weighted by Gasteiger charge is -2.20. The minimum Gasteiger partial charge on any atom is -0.444 e. The van der Waals surface area contributed by atoms with Crippen molar-refractivity contribution in [1.82, 2.24) is 9.78 Å². The predicted molar refractivity (Wildman–Crippen MR) is 122 cm³/mol. The van der Waals surface area contributed by atoms with E-state index in [9.17, 15) is 14.0 Å². The molecule has 3 rings (SSSR count). The number of benzene rings is 2. The highest BCUT2D eigenvalue weighted by atomic mass is 19.1. The number of hydrogen-bond donors (Lipinski definition) is 2. The third kappa shape index (κ3) is 5.72. The standard InChI is InChI=1S/C24H27FN4O3/c1-15-19(16(2)29(28-15)18-9-7-6-8-10-18)14-22(30)26-21-13-17(25)11-12-20(21)27-23(31)32-24(3,4)5/h6-13H,14H2,1-5H3,(H,26,30)(H,27,31). The molecular formula is C24H27FN4O3. The summed E-state index contributed by atoms with van der Waals surface area (Å²) < 4.78 is 20.9. The average Bonchev–Trinajstić information content (AvgIpc) is 2.97. The molecule has 2 aromatic carbocycles. The minimum absolute atomic E-state index is 0.0485. The van der Waals surface area contributed by atoms with E-state index >= 15 is 0 Å². The molecule has 1 aromatic heterocycles. The molecule has 0 aliphatic rings. The molecule has 168 valence electrons. The maximum Gasteiger partial charge on any atom is 0.412 e. The molecule has 32 heavy (non-hydrogen) atoms. The first-order chi connectivity index (χ1) is 15.0. The van der Waals surface area contributed by atoms with Crippen LogP contribution in [-0.4, -0.2) is 27.4 Å². The van der Waals surface area contributed by atoms with Gasteiger partial charge in [0.05, 0.1) is 29.2 Å². The van der Waals surface area contributed by atoms with E-state index in [1.54, 1.807) is 25.5 Å². The maximum atomic E-state index is 13.8. The third-order valence-corrected chi connectivity index (χ3v) is 4.67. The predicted octanol–water partition coefficient (Wildman–Crippen LogP) is 5.16. The van der Waals surface area contributed by atoms with Gasteiger partial charge >= 0.3 is 6.09 Å².